The molecule has 2 aromatic rings. The van der Waals surface area contributed by atoms with Crippen LogP contribution in [-0.2, 0) is 9.59 Å². The molecule has 2 amide bonds. The minimum absolute atomic E-state index is 0.0951. The van der Waals surface area contributed by atoms with Crippen molar-refractivity contribution in [2.24, 2.45) is 0 Å². The molecule has 7 heteroatoms. The van der Waals surface area contributed by atoms with E-state index in [9.17, 15) is 14.0 Å². The number of quaternary nitrogens is 1. The molecule has 0 spiro atoms. The summed E-state index contributed by atoms with van der Waals surface area (Å²) < 4.78 is 18.7. The first-order valence-electron chi connectivity index (χ1n) is 8.22. The molecule has 2 aromatic carbocycles. The average molecular weight is 360 g/mol. The number of methoxy groups -OCH3 is 1. The summed E-state index contributed by atoms with van der Waals surface area (Å²) in [6.07, 6.45) is 0. The molecule has 0 aliphatic heterocycles. The van der Waals surface area contributed by atoms with E-state index >= 15 is 0 Å². The van der Waals surface area contributed by atoms with Gasteiger partial charge in [-0.3, -0.25) is 9.59 Å². The number of hydrogen-bond donors (Lipinski definition) is 3. The fourth-order valence-corrected chi connectivity index (χ4v) is 2.31. The first-order valence-corrected chi connectivity index (χ1v) is 8.22. The maximum Gasteiger partial charge on any atom is 0.282 e. The van der Waals surface area contributed by atoms with E-state index in [0.717, 1.165) is 0 Å². The molecule has 0 aliphatic carbocycles. The van der Waals surface area contributed by atoms with Crippen LogP contribution in [0, 0.1) is 5.82 Å². The number of carbonyl (C=O) groups excluding carboxylic acids is 2. The van der Waals surface area contributed by atoms with Crippen LogP contribution in [0.15, 0.2) is 48.5 Å². The van der Waals surface area contributed by atoms with Crippen LogP contribution in [0.4, 0.5) is 15.8 Å². The number of likely N-dealkylation sites (N-methyl/N-ethyl adjacent to an activating group) is 1. The Hall–Kier alpha value is -2.93. The van der Waals surface area contributed by atoms with Gasteiger partial charge in [-0.1, -0.05) is 12.1 Å². The van der Waals surface area contributed by atoms with E-state index in [1.807, 2.05) is 0 Å². The van der Waals surface area contributed by atoms with Crippen molar-refractivity contribution in [1.82, 2.24) is 0 Å². The van der Waals surface area contributed by atoms with E-state index in [1.54, 1.807) is 57.5 Å². The monoisotopic (exact) mass is 360 g/mol. The summed E-state index contributed by atoms with van der Waals surface area (Å²) in [7, 11) is 3.30. The molecule has 1 unspecified atom stereocenters. The van der Waals surface area contributed by atoms with E-state index in [0.29, 0.717) is 16.3 Å². The third-order valence-electron chi connectivity index (χ3n) is 4.08. The van der Waals surface area contributed by atoms with Crippen LogP contribution in [0.2, 0.25) is 0 Å². The molecule has 0 aromatic heterocycles. The quantitative estimate of drug-likeness (QED) is 0.697. The zero-order valence-electron chi connectivity index (χ0n) is 15.0. The summed E-state index contributed by atoms with van der Waals surface area (Å²) >= 11 is 0. The van der Waals surface area contributed by atoms with Gasteiger partial charge in [-0.15, -0.1) is 0 Å². The third-order valence-corrected chi connectivity index (χ3v) is 4.08. The summed E-state index contributed by atoms with van der Waals surface area (Å²) in [5, 5.41) is 5.32. The highest BCUT2D eigenvalue weighted by molar-refractivity contribution is 5.94. The number of amides is 2. The van der Waals surface area contributed by atoms with Gasteiger partial charge in [0.25, 0.3) is 11.8 Å². The van der Waals surface area contributed by atoms with Gasteiger partial charge in [0, 0.05) is 5.69 Å². The van der Waals surface area contributed by atoms with Crippen molar-refractivity contribution in [2.45, 2.75) is 13.0 Å². The average Bonchev–Trinajstić information content (AvgIpc) is 2.63. The largest absolute Gasteiger partial charge is 0.497 e. The van der Waals surface area contributed by atoms with Crippen LogP contribution >= 0.6 is 0 Å². The molecule has 2 atom stereocenters. The molecule has 6 nitrogen and oxygen atoms in total. The SMILES string of the molecule is COc1ccc(NC(=O)C[NH+](C)[C@H](C)C(=O)Nc2ccccc2F)cc1. The Labute approximate surface area is 152 Å². The number of para-hydroxylation sites is 1. The van der Waals surface area contributed by atoms with Gasteiger partial charge in [0.05, 0.1) is 19.8 Å². The molecule has 2 rings (SSSR count). The highest BCUT2D eigenvalue weighted by Crippen LogP contribution is 2.14. The number of carbonyl (C=O) groups is 2. The highest BCUT2D eigenvalue weighted by atomic mass is 19.1. The Morgan fingerprint density at radius 3 is 2.38 bits per heavy atom. The standard InChI is InChI=1S/C19H22FN3O3/c1-13(19(25)22-17-7-5-4-6-16(17)20)23(2)12-18(24)21-14-8-10-15(26-3)11-9-14/h4-11,13H,12H2,1-3H3,(H,21,24)(H,22,25)/p+1/t13-/m1/s1. The molecule has 0 saturated carbocycles. The number of anilines is 2. The Kier molecular flexibility index (Phi) is 6.68. The topological polar surface area (TPSA) is 71.9 Å². The predicted molar refractivity (Wildman–Crippen MR) is 97.9 cm³/mol. The van der Waals surface area contributed by atoms with E-state index in [2.05, 4.69) is 10.6 Å². The number of benzene rings is 2. The Morgan fingerprint density at radius 1 is 1.12 bits per heavy atom. The van der Waals surface area contributed by atoms with Crippen LogP contribution in [0.3, 0.4) is 0 Å². The first kappa shape index (κ1) is 19.4. The van der Waals surface area contributed by atoms with Gasteiger partial charge in [-0.2, -0.15) is 0 Å². The first-order chi connectivity index (χ1) is 12.4. The van der Waals surface area contributed by atoms with Crippen LogP contribution in [0.1, 0.15) is 6.92 Å². The molecule has 0 bridgehead atoms. The molecule has 0 aliphatic rings. The number of hydrogen-bond acceptors (Lipinski definition) is 3. The van der Waals surface area contributed by atoms with Crippen LogP contribution in [0.25, 0.3) is 0 Å². The maximum absolute atomic E-state index is 13.6. The molecule has 0 saturated heterocycles. The summed E-state index contributed by atoms with van der Waals surface area (Å²) in [6.45, 7) is 1.78. The normalized spacial score (nSPS) is 12.8. The molecule has 0 radical (unpaired) electrons. The molecule has 3 N–H and O–H groups in total. The summed E-state index contributed by atoms with van der Waals surface area (Å²) in [5.74, 6) is -0.379. The predicted octanol–water partition coefficient (Wildman–Crippen LogP) is 1.31. The second kappa shape index (κ2) is 8.96. The van der Waals surface area contributed by atoms with Gasteiger partial charge in [-0.25, -0.2) is 4.39 Å². The fraction of sp³-hybridized carbons (Fsp3) is 0.263. The Bertz CT molecular complexity index is 765. The van der Waals surface area contributed by atoms with Crippen molar-refractivity contribution in [3.8, 4) is 5.75 Å². The smallest absolute Gasteiger partial charge is 0.282 e. The van der Waals surface area contributed by atoms with Crippen LogP contribution in [0.5, 0.6) is 5.75 Å². The lowest BCUT2D eigenvalue weighted by molar-refractivity contribution is -0.885. The lowest BCUT2D eigenvalue weighted by Gasteiger charge is -2.20. The fourth-order valence-electron chi connectivity index (χ4n) is 2.31. The van der Waals surface area contributed by atoms with E-state index in [4.69, 9.17) is 4.74 Å². The Morgan fingerprint density at radius 2 is 1.77 bits per heavy atom. The van der Waals surface area contributed by atoms with Crippen molar-refractivity contribution in [1.29, 1.82) is 0 Å². The summed E-state index contributed by atoms with van der Waals surface area (Å²) in [6, 6.07) is 12.4. The summed E-state index contributed by atoms with van der Waals surface area (Å²) in [5.41, 5.74) is 0.770. The van der Waals surface area contributed by atoms with Crippen molar-refractivity contribution < 1.29 is 23.6 Å². The van der Waals surface area contributed by atoms with Crippen molar-refractivity contribution in [2.75, 3.05) is 31.3 Å². The zero-order valence-corrected chi connectivity index (χ0v) is 15.0. The second-order valence-electron chi connectivity index (χ2n) is 5.99. The Balaban J connectivity index is 1.88. The van der Waals surface area contributed by atoms with Crippen LogP contribution in [-0.4, -0.2) is 38.6 Å². The maximum atomic E-state index is 13.6. The molecule has 26 heavy (non-hydrogen) atoms. The minimum atomic E-state index is -0.531. The molecular weight excluding hydrogens is 337 g/mol. The number of halogens is 1. The van der Waals surface area contributed by atoms with Gasteiger partial charge in [0.2, 0.25) is 0 Å². The lowest BCUT2D eigenvalue weighted by Crippen LogP contribution is -3.14. The van der Waals surface area contributed by atoms with Gasteiger partial charge in [-0.05, 0) is 43.3 Å². The van der Waals surface area contributed by atoms with Crippen molar-refractivity contribution in [3.63, 3.8) is 0 Å². The number of ether oxygens (including phenoxy) is 1. The van der Waals surface area contributed by atoms with E-state index in [1.165, 1.54) is 12.1 Å². The molecule has 138 valence electrons. The lowest BCUT2D eigenvalue weighted by atomic mass is 10.2. The second-order valence-corrected chi connectivity index (χ2v) is 5.99. The van der Waals surface area contributed by atoms with Crippen LogP contribution < -0.4 is 20.3 Å². The molecular formula is C19H23FN3O3+. The van der Waals surface area contributed by atoms with Gasteiger partial charge in [0.15, 0.2) is 12.6 Å². The van der Waals surface area contributed by atoms with Crippen molar-refractivity contribution in [3.05, 3.63) is 54.3 Å². The highest BCUT2D eigenvalue weighted by Gasteiger charge is 2.24. The number of rotatable bonds is 7. The van der Waals surface area contributed by atoms with E-state index < -0.39 is 11.9 Å². The van der Waals surface area contributed by atoms with Gasteiger partial charge in [0.1, 0.15) is 11.6 Å². The van der Waals surface area contributed by atoms with Gasteiger partial charge >= 0.3 is 0 Å². The third kappa shape index (κ3) is 5.29. The van der Waals surface area contributed by atoms with Gasteiger partial charge < -0.3 is 20.3 Å². The van der Waals surface area contributed by atoms with E-state index in [-0.39, 0.29) is 24.0 Å². The minimum Gasteiger partial charge on any atom is -0.497 e. The molecule has 0 heterocycles. The summed E-state index contributed by atoms with van der Waals surface area (Å²) in [4.78, 5) is 25.1. The molecule has 0 fully saturated rings. The zero-order chi connectivity index (χ0) is 19.1. The van der Waals surface area contributed by atoms with Crippen molar-refractivity contribution >= 4 is 23.2 Å². The number of nitrogens with one attached hydrogen (secondary N) is 3.